The SMILES string of the molecule is CCOc1ccc(S(=O)(=O)NCCC(=O)OCc2ccc(Br)cc2)cc1. The van der Waals surface area contributed by atoms with Crippen molar-refractivity contribution in [3.05, 3.63) is 58.6 Å². The molecule has 0 radical (unpaired) electrons. The Labute approximate surface area is 161 Å². The number of sulfonamides is 1. The van der Waals surface area contributed by atoms with Gasteiger partial charge in [0.05, 0.1) is 17.9 Å². The lowest BCUT2D eigenvalue weighted by Crippen LogP contribution is -2.26. The lowest BCUT2D eigenvalue weighted by Gasteiger charge is -2.08. The zero-order chi connectivity index (χ0) is 19.0. The van der Waals surface area contributed by atoms with Gasteiger partial charge in [0.2, 0.25) is 10.0 Å². The summed E-state index contributed by atoms with van der Waals surface area (Å²) in [6, 6.07) is 13.5. The van der Waals surface area contributed by atoms with Crippen LogP contribution in [0.4, 0.5) is 0 Å². The summed E-state index contributed by atoms with van der Waals surface area (Å²) in [6.45, 7) is 2.47. The summed E-state index contributed by atoms with van der Waals surface area (Å²) in [5, 5.41) is 0. The first-order valence-electron chi connectivity index (χ1n) is 8.03. The van der Waals surface area contributed by atoms with Gasteiger partial charge in [-0.25, -0.2) is 13.1 Å². The summed E-state index contributed by atoms with van der Waals surface area (Å²) in [5.41, 5.74) is 0.858. The van der Waals surface area contributed by atoms with Crippen LogP contribution in [0, 0.1) is 0 Å². The number of carbonyl (C=O) groups is 1. The maximum absolute atomic E-state index is 12.2. The maximum atomic E-state index is 12.2. The zero-order valence-electron chi connectivity index (χ0n) is 14.3. The number of hydrogen-bond donors (Lipinski definition) is 1. The fraction of sp³-hybridized carbons (Fsp3) is 0.278. The number of hydrogen-bond acceptors (Lipinski definition) is 5. The largest absolute Gasteiger partial charge is 0.494 e. The summed E-state index contributed by atoms with van der Waals surface area (Å²) >= 11 is 3.33. The first kappa shape index (κ1) is 20.4. The lowest BCUT2D eigenvalue weighted by molar-refractivity contribution is -0.144. The van der Waals surface area contributed by atoms with E-state index in [0.717, 1.165) is 10.0 Å². The van der Waals surface area contributed by atoms with Crippen LogP contribution in [0.5, 0.6) is 5.75 Å². The van der Waals surface area contributed by atoms with E-state index in [1.54, 1.807) is 12.1 Å². The summed E-state index contributed by atoms with van der Waals surface area (Å²) in [5.74, 6) is 0.130. The van der Waals surface area contributed by atoms with E-state index in [0.29, 0.717) is 12.4 Å². The molecular formula is C18H20BrNO5S. The first-order valence-corrected chi connectivity index (χ1v) is 10.3. The highest BCUT2D eigenvalue weighted by Gasteiger charge is 2.14. The number of esters is 1. The number of ether oxygens (including phenoxy) is 2. The lowest BCUT2D eigenvalue weighted by atomic mass is 10.2. The molecule has 0 heterocycles. The van der Waals surface area contributed by atoms with Crippen LogP contribution in [0.3, 0.4) is 0 Å². The second kappa shape index (κ2) is 9.70. The van der Waals surface area contributed by atoms with Gasteiger partial charge in [0.25, 0.3) is 0 Å². The van der Waals surface area contributed by atoms with Crippen molar-refractivity contribution in [3.63, 3.8) is 0 Å². The van der Waals surface area contributed by atoms with Gasteiger partial charge in [-0.2, -0.15) is 0 Å². The van der Waals surface area contributed by atoms with Crippen LogP contribution < -0.4 is 9.46 Å². The van der Waals surface area contributed by atoms with Crippen LogP contribution in [0.2, 0.25) is 0 Å². The third kappa shape index (κ3) is 6.44. The van der Waals surface area contributed by atoms with Gasteiger partial charge in [0.1, 0.15) is 12.4 Å². The van der Waals surface area contributed by atoms with Gasteiger partial charge >= 0.3 is 5.97 Å². The van der Waals surface area contributed by atoms with E-state index in [1.165, 1.54) is 12.1 Å². The van der Waals surface area contributed by atoms with Crippen molar-refractivity contribution < 1.29 is 22.7 Å². The van der Waals surface area contributed by atoms with Crippen LogP contribution in [0.1, 0.15) is 18.9 Å². The molecule has 140 valence electrons. The Morgan fingerprint density at radius 2 is 1.73 bits per heavy atom. The molecule has 0 saturated carbocycles. The molecule has 0 bridgehead atoms. The third-order valence-electron chi connectivity index (χ3n) is 3.38. The average Bonchev–Trinajstić information content (AvgIpc) is 2.62. The minimum absolute atomic E-state index is 0.0330. The average molecular weight is 442 g/mol. The number of benzene rings is 2. The Bertz CT molecular complexity index is 820. The van der Waals surface area contributed by atoms with E-state index in [2.05, 4.69) is 20.7 Å². The fourth-order valence-corrected chi connectivity index (χ4v) is 3.37. The quantitative estimate of drug-likeness (QED) is 0.603. The van der Waals surface area contributed by atoms with Crippen molar-refractivity contribution in [2.24, 2.45) is 0 Å². The highest BCUT2D eigenvalue weighted by atomic mass is 79.9. The molecule has 0 fully saturated rings. The van der Waals surface area contributed by atoms with Crippen molar-refractivity contribution in [2.75, 3.05) is 13.2 Å². The van der Waals surface area contributed by atoms with E-state index >= 15 is 0 Å². The molecule has 0 aromatic heterocycles. The molecule has 0 atom stereocenters. The standard InChI is InChI=1S/C18H20BrNO5S/c1-2-24-16-7-9-17(10-8-16)26(22,23)20-12-11-18(21)25-13-14-3-5-15(19)6-4-14/h3-10,20H,2,11-13H2,1H3. The predicted molar refractivity (Wildman–Crippen MR) is 101 cm³/mol. The van der Waals surface area contributed by atoms with E-state index in [9.17, 15) is 13.2 Å². The number of nitrogens with one attached hydrogen (secondary N) is 1. The highest BCUT2D eigenvalue weighted by molar-refractivity contribution is 9.10. The fourth-order valence-electron chi connectivity index (χ4n) is 2.07. The van der Waals surface area contributed by atoms with Crippen molar-refractivity contribution in [2.45, 2.75) is 24.8 Å². The monoisotopic (exact) mass is 441 g/mol. The van der Waals surface area contributed by atoms with Gasteiger partial charge < -0.3 is 9.47 Å². The Hall–Kier alpha value is -1.90. The van der Waals surface area contributed by atoms with Gasteiger partial charge in [-0.1, -0.05) is 28.1 Å². The van der Waals surface area contributed by atoms with Crippen LogP contribution >= 0.6 is 15.9 Å². The molecule has 0 saturated heterocycles. The smallest absolute Gasteiger partial charge is 0.307 e. The summed E-state index contributed by atoms with van der Waals surface area (Å²) in [7, 11) is -3.68. The minimum Gasteiger partial charge on any atom is -0.494 e. The van der Waals surface area contributed by atoms with E-state index in [-0.39, 0.29) is 24.5 Å². The van der Waals surface area contributed by atoms with E-state index in [4.69, 9.17) is 9.47 Å². The molecule has 0 aliphatic carbocycles. The normalized spacial score (nSPS) is 11.2. The maximum Gasteiger partial charge on any atom is 0.307 e. The van der Waals surface area contributed by atoms with Gasteiger partial charge in [-0.15, -0.1) is 0 Å². The van der Waals surface area contributed by atoms with Crippen LogP contribution in [-0.2, 0) is 26.2 Å². The second-order valence-electron chi connectivity index (χ2n) is 5.34. The topological polar surface area (TPSA) is 81.7 Å². The molecule has 1 N–H and O–H groups in total. The molecule has 8 heteroatoms. The Morgan fingerprint density at radius 1 is 1.08 bits per heavy atom. The Kier molecular flexibility index (Phi) is 7.62. The minimum atomic E-state index is -3.68. The molecule has 0 amide bonds. The van der Waals surface area contributed by atoms with Crippen LogP contribution in [-0.4, -0.2) is 27.5 Å². The first-order chi connectivity index (χ1) is 12.4. The summed E-state index contributed by atoms with van der Waals surface area (Å²) in [6.07, 6.45) is -0.0488. The molecule has 0 unspecified atom stereocenters. The molecule has 2 aromatic rings. The van der Waals surface area contributed by atoms with Gasteiger partial charge in [0.15, 0.2) is 0 Å². The Balaban J connectivity index is 1.78. The zero-order valence-corrected chi connectivity index (χ0v) is 16.7. The number of halogens is 1. The van der Waals surface area contributed by atoms with Crippen molar-refractivity contribution >= 4 is 31.9 Å². The molecule has 6 nitrogen and oxygen atoms in total. The third-order valence-corrected chi connectivity index (χ3v) is 5.38. The Morgan fingerprint density at radius 3 is 2.35 bits per heavy atom. The van der Waals surface area contributed by atoms with E-state index < -0.39 is 16.0 Å². The van der Waals surface area contributed by atoms with Crippen LogP contribution in [0.15, 0.2) is 57.9 Å². The molecule has 0 aliphatic heterocycles. The van der Waals surface area contributed by atoms with Gasteiger partial charge in [-0.05, 0) is 48.9 Å². The second-order valence-corrected chi connectivity index (χ2v) is 8.02. The molecule has 2 aromatic carbocycles. The van der Waals surface area contributed by atoms with Gasteiger partial charge in [0, 0.05) is 11.0 Å². The molecule has 2 rings (SSSR count). The van der Waals surface area contributed by atoms with E-state index in [1.807, 2.05) is 31.2 Å². The summed E-state index contributed by atoms with van der Waals surface area (Å²) in [4.78, 5) is 11.9. The molecule has 26 heavy (non-hydrogen) atoms. The number of carbonyl (C=O) groups excluding carboxylic acids is 1. The molecule has 0 aliphatic rings. The van der Waals surface area contributed by atoms with Crippen molar-refractivity contribution in [1.29, 1.82) is 0 Å². The van der Waals surface area contributed by atoms with Gasteiger partial charge in [-0.3, -0.25) is 4.79 Å². The highest BCUT2D eigenvalue weighted by Crippen LogP contribution is 2.16. The molecular weight excluding hydrogens is 422 g/mol. The van der Waals surface area contributed by atoms with Crippen molar-refractivity contribution in [3.8, 4) is 5.75 Å². The predicted octanol–water partition coefficient (Wildman–Crippen LogP) is 3.26. The van der Waals surface area contributed by atoms with Crippen LogP contribution in [0.25, 0.3) is 0 Å². The molecule has 0 spiro atoms. The van der Waals surface area contributed by atoms with Crippen molar-refractivity contribution in [1.82, 2.24) is 4.72 Å². The number of rotatable bonds is 9. The summed E-state index contributed by atoms with van der Waals surface area (Å²) < 4.78 is 38.1.